The van der Waals surface area contributed by atoms with E-state index in [1.165, 1.54) is 11.1 Å². The fourth-order valence-electron chi connectivity index (χ4n) is 0.310. The van der Waals surface area contributed by atoms with Gasteiger partial charge in [-0.3, -0.25) is 4.79 Å². The van der Waals surface area contributed by atoms with Gasteiger partial charge in [0.1, 0.15) is 0 Å². The van der Waals surface area contributed by atoms with Gasteiger partial charge in [0.05, 0.1) is 0 Å². The highest BCUT2D eigenvalue weighted by Crippen LogP contribution is 1.79. The lowest BCUT2D eigenvalue weighted by molar-refractivity contribution is -0.115. The van der Waals surface area contributed by atoms with Gasteiger partial charge in [0.2, 0.25) is 6.41 Å². The van der Waals surface area contributed by atoms with Crippen LogP contribution >= 0.6 is 0 Å². The first-order chi connectivity index (χ1) is 3.85. The van der Waals surface area contributed by atoms with Gasteiger partial charge in [-0.15, -0.1) is 6.58 Å². The van der Waals surface area contributed by atoms with Crippen LogP contribution in [0, 0.1) is 0 Å². The minimum atomic E-state index is 0.535. The summed E-state index contributed by atoms with van der Waals surface area (Å²) in [6.07, 6.45) is 3.79. The molecule has 0 radical (unpaired) electrons. The van der Waals surface area contributed by atoms with Crippen molar-refractivity contribution in [3.63, 3.8) is 0 Å². The van der Waals surface area contributed by atoms with Crippen molar-refractivity contribution in [3.05, 3.63) is 25.4 Å². The van der Waals surface area contributed by atoms with Crippen molar-refractivity contribution in [3.8, 4) is 0 Å². The summed E-state index contributed by atoms with van der Waals surface area (Å²) >= 11 is 0. The molecule has 0 aliphatic carbocycles. The molecule has 2 nitrogen and oxygen atoms in total. The standard InChI is InChI=1S/C6H9NO/c1-3-5-7(4-2)6-8/h3-4,6H,1-2,5H2. The van der Waals surface area contributed by atoms with E-state index in [0.29, 0.717) is 13.0 Å². The fourth-order valence-corrected chi connectivity index (χ4v) is 0.310. The second kappa shape index (κ2) is 4.12. The largest absolute Gasteiger partial charge is 0.318 e. The average Bonchev–Trinajstić information content (AvgIpc) is 1.83. The first-order valence-corrected chi connectivity index (χ1v) is 2.29. The molecule has 0 spiro atoms. The van der Waals surface area contributed by atoms with Crippen LogP contribution in [0.25, 0.3) is 0 Å². The Kier molecular flexibility index (Phi) is 3.58. The third kappa shape index (κ3) is 2.18. The van der Waals surface area contributed by atoms with Crippen LogP contribution in [0.15, 0.2) is 25.4 Å². The Morgan fingerprint density at radius 3 is 2.25 bits per heavy atom. The minimum absolute atomic E-state index is 0.535. The summed E-state index contributed by atoms with van der Waals surface area (Å²) in [5.74, 6) is 0. The Morgan fingerprint density at radius 2 is 2.12 bits per heavy atom. The van der Waals surface area contributed by atoms with E-state index in [1.807, 2.05) is 0 Å². The fraction of sp³-hybridized carbons (Fsp3) is 0.167. The van der Waals surface area contributed by atoms with Crippen LogP contribution in [0.1, 0.15) is 0 Å². The van der Waals surface area contributed by atoms with Crippen molar-refractivity contribution in [2.45, 2.75) is 0 Å². The molecule has 1 amide bonds. The van der Waals surface area contributed by atoms with Crippen molar-refractivity contribution in [1.29, 1.82) is 0 Å². The van der Waals surface area contributed by atoms with E-state index >= 15 is 0 Å². The summed E-state index contributed by atoms with van der Waals surface area (Å²) < 4.78 is 0. The molecule has 0 saturated heterocycles. The van der Waals surface area contributed by atoms with Crippen molar-refractivity contribution in [2.75, 3.05) is 6.54 Å². The van der Waals surface area contributed by atoms with Crippen LogP contribution in [-0.2, 0) is 4.79 Å². The zero-order chi connectivity index (χ0) is 6.41. The summed E-state index contributed by atoms with van der Waals surface area (Å²) in [7, 11) is 0. The molecular weight excluding hydrogens is 102 g/mol. The number of hydrogen-bond acceptors (Lipinski definition) is 1. The summed E-state index contributed by atoms with van der Waals surface area (Å²) in [6.45, 7) is 7.38. The van der Waals surface area contributed by atoms with Crippen LogP contribution < -0.4 is 0 Å². The van der Waals surface area contributed by atoms with Gasteiger partial charge in [0.25, 0.3) is 0 Å². The van der Waals surface area contributed by atoms with Crippen molar-refractivity contribution < 1.29 is 4.79 Å². The number of nitrogens with zero attached hydrogens (tertiary/aromatic N) is 1. The summed E-state index contributed by atoms with van der Waals surface area (Å²) in [5, 5.41) is 0. The molecular formula is C6H9NO. The summed E-state index contributed by atoms with van der Waals surface area (Å²) in [6, 6.07) is 0. The molecule has 0 fully saturated rings. The molecule has 44 valence electrons. The lowest BCUT2D eigenvalue weighted by Gasteiger charge is -2.05. The molecule has 0 saturated carbocycles. The highest BCUT2D eigenvalue weighted by Gasteiger charge is 1.85. The molecule has 0 heterocycles. The lowest BCUT2D eigenvalue weighted by Crippen LogP contribution is -2.13. The maximum Gasteiger partial charge on any atom is 0.213 e. The van der Waals surface area contributed by atoms with Gasteiger partial charge in [0.15, 0.2) is 0 Å². The monoisotopic (exact) mass is 111 g/mol. The van der Waals surface area contributed by atoms with Crippen molar-refractivity contribution in [2.24, 2.45) is 0 Å². The molecule has 0 bridgehead atoms. The molecule has 0 aromatic carbocycles. The van der Waals surface area contributed by atoms with Crippen molar-refractivity contribution >= 4 is 6.41 Å². The number of carbonyl (C=O) groups is 1. The lowest BCUT2D eigenvalue weighted by atomic mass is 10.6. The molecule has 0 aliphatic heterocycles. The predicted octanol–water partition coefficient (Wildman–Crippen LogP) is 0.774. The highest BCUT2D eigenvalue weighted by molar-refractivity contribution is 5.48. The smallest absolute Gasteiger partial charge is 0.213 e. The molecule has 0 unspecified atom stereocenters. The van der Waals surface area contributed by atoms with Crippen LogP contribution in [0.2, 0.25) is 0 Å². The van der Waals surface area contributed by atoms with Gasteiger partial charge >= 0.3 is 0 Å². The zero-order valence-corrected chi connectivity index (χ0v) is 4.71. The molecule has 0 N–H and O–H groups in total. The van der Waals surface area contributed by atoms with E-state index in [-0.39, 0.29) is 0 Å². The molecule has 2 heteroatoms. The normalized spacial score (nSPS) is 7.50. The van der Waals surface area contributed by atoms with Gasteiger partial charge in [-0.05, 0) is 6.20 Å². The topological polar surface area (TPSA) is 20.3 Å². The average molecular weight is 111 g/mol. The second-order valence-corrected chi connectivity index (χ2v) is 1.27. The van der Waals surface area contributed by atoms with E-state index < -0.39 is 0 Å². The first-order valence-electron chi connectivity index (χ1n) is 2.29. The Hall–Kier alpha value is -1.05. The maximum absolute atomic E-state index is 9.93. The van der Waals surface area contributed by atoms with Crippen LogP contribution in [0.3, 0.4) is 0 Å². The van der Waals surface area contributed by atoms with Crippen LogP contribution in [-0.4, -0.2) is 17.9 Å². The third-order valence-corrected chi connectivity index (χ3v) is 0.710. The van der Waals surface area contributed by atoms with E-state index in [1.54, 1.807) is 6.08 Å². The zero-order valence-electron chi connectivity index (χ0n) is 4.71. The van der Waals surface area contributed by atoms with Gasteiger partial charge in [-0.1, -0.05) is 12.7 Å². The Balaban J connectivity index is 3.50. The molecule has 0 rings (SSSR count). The van der Waals surface area contributed by atoms with Gasteiger partial charge in [-0.2, -0.15) is 0 Å². The second-order valence-electron chi connectivity index (χ2n) is 1.27. The quantitative estimate of drug-likeness (QED) is 0.387. The van der Waals surface area contributed by atoms with Crippen LogP contribution in [0.5, 0.6) is 0 Å². The summed E-state index contributed by atoms with van der Waals surface area (Å²) in [5.41, 5.74) is 0. The van der Waals surface area contributed by atoms with E-state index in [9.17, 15) is 4.79 Å². The van der Waals surface area contributed by atoms with Gasteiger partial charge < -0.3 is 4.90 Å². The third-order valence-electron chi connectivity index (χ3n) is 0.710. The predicted molar refractivity (Wildman–Crippen MR) is 33.2 cm³/mol. The van der Waals surface area contributed by atoms with E-state index in [2.05, 4.69) is 13.2 Å². The Bertz CT molecular complexity index is 90.7. The molecule has 8 heavy (non-hydrogen) atoms. The maximum atomic E-state index is 9.93. The SMILES string of the molecule is C=CCN(C=C)C=O. The first kappa shape index (κ1) is 6.95. The minimum Gasteiger partial charge on any atom is -0.318 e. The Morgan fingerprint density at radius 1 is 1.50 bits per heavy atom. The molecule has 0 aliphatic rings. The van der Waals surface area contributed by atoms with Gasteiger partial charge in [-0.25, -0.2) is 0 Å². The number of amides is 1. The van der Waals surface area contributed by atoms with E-state index in [4.69, 9.17) is 0 Å². The van der Waals surface area contributed by atoms with Crippen molar-refractivity contribution in [1.82, 2.24) is 4.90 Å². The number of rotatable bonds is 4. The molecule has 0 atom stereocenters. The van der Waals surface area contributed by atoms with E-state index in [0.717, 1.165) is 0 Å². The molecule has 0 aromatic heterocycles. The van der Waals surface area contributed by atoms with Crippen LogP contribution in [0.4, 0.5) is 0 Å². The molecule has 0 aromatic rings. The highest BCUT2D eigenvalue weighted by atomic mass is 16.1. The van der Waals surface area contributed by atoms with Gasteiger partial charge in [0, 0.05) is 6.54 Å². The summed E-state index contributed by atoms with van der Waals surface area (Å²) in [4.78, 5) is 11.3. The Labute approximate surface area is 49.1 Å². The number of hydrogen-bond donors (Lipinski definition) is 0. The number of carbonyl (C=O) groups excluding carboxylic acids is 1.